The van der Waals surface area contributed by atoms with Crippen LogP contribution in [-0.4, -0.2) is 14.4 Å². The molecular weight excluding hydrogens is 274 g/mol. The maximum absolute atomic E-state index is 5.95. The molecule has 0 saturated heterocycles. The summed E-state index contributed by atoms with van der Waals surface area (Å²) >= 11 is 0. The zero-order valence-electron chi connectivity index (χ0n) is 12.2. The second-order valence-corrected chi connectivity index (χ2v) is 5.27. The van der Waals surface area contributed by atoms with Crippen molar-refractivity contribution in [3.05, 3.63) is 72.3 Å². The lowest BCUT2D eigenvalue weighted by molar-refractivity contribution is 0.305. The average molecular weight is 289 g/mol. The van der Waals surface area contributed by atoms with Gasteiger partial charge in [-0.1, -0.05) is 18.2 Å². The number of rotatable bonds is 3. The van der Waals surface area contributed by atoms with Crippen LogP contribution in [0.3, 0.4) is 0 Å². The van der Waals surface area contributed by atoms with Gasteiger partial charge in [-0.25, -0.2) is 4.98 Å². The van der Waals surface area contributed by atoms with Crippen LogP contribution in [0.4, 0.5) is 0 Å². The number of pyridine rings is 2. The number of aryl methyl sites for hydroxylation is 1. The Morgan fingerprint density at radius 1 is 1.09 bits per heavy atom. The predicted molar refractivity (Wildman–Crippen MR) is 86.0 cm³/mol. The molecule has 0 aliphatic carbocycles. The van der Waals surface area contributed by atoms with Crippen molar-refractivity contribution in [1.29, 1.82) is 0 Å². The van der Waals surface area contributed by atoms with E-state index in [0.717, 1.165) is 28.0 Å². The summed E-state index contributed by atoms with van der Waals surface area (Å²) in [4.78, 5) is 8.99. The maximum atomic E-state index is 5.95. The predicted octanol–water partition coefficient (Wildman–Crippen LogP) is 3.77. The number of hydrogen-bond donors (Lipinski definition) is 0. The molecule has 0 N–H and O–H groups in total. The number of benzene rings is 1. The fraction of sp³-hybridized carbons (Fsp3) is 0.111. The minimum atomic E-state index is 0.427. The van der Waals surface area contributed by atoms with E-state index in [9.17, 15) is 0 Å². The lowest BCUT2D eigenvalue weighted by Crippen LogP contribution is -1.97. The molecule has 4 rings (SSSR count). The Morgan fingerprint density at radius 2 is 2.05 bits per heavy atom. The molecule has 0 unspecified atom stereocenters. The zero-order chi connectivity index (χ0) is 14.9. The van der Waals surface area contributed by atoms with Crippen LogP contribution >= 0.6 is 0 Å². The zero-order valence-corrected chi connectivity index (χ0v) is 12.2. The van der Waals surface area contributed by atoms with E-state index in [4.69, 9.17) is 4.74 Å². The smallest absolute Gasteiger partial charge is 0.146 e. The van der Waals surface area contributed by atoms with Crippen LogP contribution in [0.5, 0.6) is 5.75 Å². The van der Waals surface area contributed by atoms with E-state index in [1.54, 1.807) is 0 Å². The number of imidazole rings is 1. The van der Waals surface area contributed by atoms with E-state index < -0.39 is 0 Å². The molecule has 3 heterocycles. The largest absolute Gasteiger partial charge is 0.485 e. The molecule has 0 fully saturated rings. The first-order valence-corrected chi connectivity index (χ1v) is 7.21. The van der Waals surface area contributed by atoms with Gasteiger partial charge in [-0.3, -0.25) is 4.98 Å². The summed E-state index contributed by atoms with van der Waals surface area (Å²) in [5.41, 5.74) is 3.92. The molecule has 4 heteroatoms. The molecule has 4 nitrogen and oxygen atoms in total. The van der Waals surface area contributed by atoms with Gasteiger partial charge in [0, 0.05) is 24.0 Å². The highest BCUT2D eigenvalue weighted by atomic mass is 16.5. The van der Waals surface area contributed by atoms with Crippen molar-refractivity contribution >= 4 is 16.6 Å². The highest BCUT2D eigenvalue weighted by Crippen LogP contribution is 2.26. The monoisotopic (exact) mass is 289 g/mol. The number of fused-ring (bicyclic) bond motifs is 2. The molecule has 0 amide bonds. The summed E-state index contributed by atoms with van der Waals surface area (Å²) in [7, 11) is 0. The van der Waals surface area contributed by atoms with Gasteiger partial charge in [-0.2, -0.15) is 0 Å². The summed E-state index contributed by atoms with van der Waals surface area (Å²) in [6.45, 7) is 2.51. The van der Waals surface area contributed by atoms with Crippen molar-refractivity contribution in [2.24, 2.45) is 0 Å². The SMILES string of the molecule is Cc1ccnc2c(OCc3cn4ccccc4n3)cccc12. The van der Waals surface area contributed by atoms with Gasteiger partial charge in [0.05, 0.1) is 5.69 Å². The Bertz CT molecular complexity index is 926. The summed E-state index contributed by atoms with van der Waals surface area (Å²) in [5.74, 6) is 0.790. The summed E-state index contributed by atoms with van der Waals surface area (Å²) in [6.07, 6.45) is 5.78. The molecule has 108 valence electrons. The fourth-order valence-corrected chi connectivity index (χ4v) is 2.61. The van der Waals surface area contributed by atoms with Gasteiger partial charge >= 0.3 is 0 Å². The average Bonchev–Trinajstić information content (AvgIpc) is 2.96. The van der Waals surface area contributed by atoms with E-state index in [-0.39, 0.29) is 0 Å². The maximum Gasteiger partial charge on any atom is 0.146 e. The number of para-hydroxylation sites is 1. The second kappa shape index (κ2) is 5.15. The highest BCUT2D eigenvalue weighted by molar-refractivity contribution is 5.86. The van der Waals surface area contributed by atoms with Crippen LogP contribution < -0.4 is 4.74 Å². The minimum Gasteiger partial charge on any atom is -0.485 e. The third-order valence-electron chi connectivity index (χ3n) is 3.74. The molecule has 3 aromatic heterocycles. The van der Waals surface area contributed by atoms with Crippen LogP contribution in [0.25, 0.3) is 16.6 Å². The van der Waals surface area contributed by atoms with E-state index in [1.165, 1.54) is 5.56 Å². The number of ether oxygens (including phenoxy) is 1. The molecule has 22 heavy (non-hydrogen) atoms. The van der Waals surface area contributed by atoms with Gasteiger partial charge in [0.1, 0.15) is 23.5 Å². The summed E-state index contributed by atoms with van der Waals surface area (Å²) in [5, 5.41) is 1.12. The van der Waals surface area contributed by atoms with Crippen LogP contribution in [0.1, 0.15) is 11.3 Å². The molecule has 0 atom stereocenters. The van der Waals surface area contributed by atoms with Gasteiger partial charge in [-0.05, 0) is 36.8 Å². The quantitative estimate of drug-likeness (QED) is 0.576. The first kappa shape index (κ1) is 12.8. The lowest BCUT2D eigenvalue weighted by Gasteiger charge is -2.08. The van der Waals surface area contributed by atoms with Gasteiger partial charge < -0.3 is 9.14 Å². The van der Waals surface area contributed by atoms with E-state index in [0.29, 0.717) is 6.61 Å². The molecule has 0 aliphatic rings. The number of nitrogens with zero attached hydrogens (tertiary/aromatic N) is 3. The van der Waals surface area contributed by atoms with E-state index in [1.807, 2.05) is 59.4 Å². The van der Waals surface area contributed by atoms with Gasteiger partial charge in [-0.15, -0.1) is 0 Å². The molecular formula is C18H15N3O. The Hall–Kier alpha value is -2.88. The number of aromatic nitrogens is 3. The molecule has 1 aromatic carbocycles. The minimum absolute atomic E-state index is 0.427. The molecule has 0 saturated carbocycles. The van der Waals surface area contributed by atoms with Crippen molar-refractivity contribution in [3.63, 3.8) is 0 Å². The van der Waals surface area contributed by atoms with Crippen LogP contribution in [0.2, 0.25) is 0 Å². The van der Waals surface area contributed by atoms with Crippen LogP contribution in [-0.2, 0) is 6.61 Å². The van der Waals surface area contributed by atoms with Crippen molar-refractivity contribution < 1.29 is 4.74 Å². The second-order valence-electron chi connectivity index (χ2n) is 5.27. The molecule has 0 aliphatic heterocycles. The first-order valence-electron chi connectivity index (χ1n) is 7.21. The van der Waals surface area contributed by atoms with Gasteiger partial charge in [0.15, 0.2) is 0 Å². The fourth-order valence-electron chi connectivity index (χ4n) is 2.61. The molecule has 0 bridgehead atoms. The van der Waals surface area contributed by atoms with Crippen molar-refractivity contribution in [2.45, 2.75) is 13.5 Å². The third kappa shape index (κ3) is 2.19. The standard InChI is InChI=1S/C18H15N3O/c1-13-8-9-19-18-15(13)5-4-6-16(18)22-12-14-11-21-10-3-2-7-17(21)20-14/h2-11H,12H2,1H3. The topological polar surface area (TPSA) is 39.4 Å². The van der Waals surface area contributed by atoms with Gasteiger partial charge in [0.2, 0.25) is 0 Å². The molecule has 0 spiro atoms. The van der Waals surface area contributed by atoms with E-state index in [2.05, 4.69) is 23.0 Å². The lowest BCUT2D eigenvalue weighted by atomic mass is 10.1. The Kier molecular flexibility index (Phi) is 3.00. The first-order chi connectivity index (χ1) is 10.8. The van der Waals surface area contributed by atoms with Gasteiger partial charge in [0.25, 0.3) is 0 Å². The van der Waals surface area contributed by atoms with Crippen LogP contribution in [0, 0.1) is 6.92 Å². The molecule has 0 radical (unpaired) electrons. The third-order valence-corrected chi connectivity index (χ3v) is 3.74. The summed E-state index contributed by atoms with van der Waals surface area (Å²) in [6, 6.07) is 14.0. The van der Waals surface area contributed by atoms with Crippen molar-refractivity contribution in [3.8, 4) is 5.75 Å². The summed E-state index contributed by atoms with van der Waals surface area (Å²) < 4.78 is 7.94. The molecule has 4 aromatic rings. The van der Waals surface area contributed by atoms with Crippen molar-refractivity contribution in [1.82, 2.24) is 14.4 Å². The highest BCUT2D eigenvalue weighted by Gasteiger charge is 2.07. The van der Waals surface area contributed by atoms with E-state index >= 15 is 0 Å². The Balaban J connectivity index is 1.65. The van der Waals surface area contributed by atoms with Crippen LogP contribution in [0.15, 0.2) is 61.1 Å². The Morgan fingerprint density at radius 3 is 2.95 bits per heavy atom. The number of hydrogen-bond acceptors (Lipinski definition) is 3. The normalized spacial score (nSPS) is 11.1. The van der Waals surface area contributed by atoms with Crippen molar-refractivity contribution in [2.75, 3.05) is 0 Å². The Labute approximate surface area is 128 Å².